The van der Waals surface area contributed by atoms with Gasteiger partial charge in [-0.3, -0.25) is 4.79 Å². The zero-order valence-electron chi connectivity index (χ0n) is 7.23. The molecule has 13 heavy (non-hydrogen) atoms. The number of carbonyl (C=O) groups excluding carboxylic acids is 1. The molecule has 1 aliphatic rings. The molecule has 0 radical (unpaired) electrons. The Hall–Kier alpha value is -0.970. The summed E-state index contributed by atoms with van der Waals surface area (Å²) in [5, 5.41) is 8.66. The van der Waals surface area contributed by atoms with Crippen LogP contribution in [0, 0.1) is 5.92 Å². The van der Waals surface area contributed by atoms with Gasteiger partial charge in [-0.1, -0.05) is 13.5 Å². The molecule has 1 heterocycles. The highest BCUT2D eigenvalue weighted by molar-refractivity contribution is 7.84. The van der Waals surface area contributed by atoms with Gasteiger partial charge in [-0.15, -0.1) is 12.6 Å². The third-order valence-corrected chi connectivity index (χ3v) is 2.70. The molecular weight excluding hydrogens is 190 g/mol. The van der Waals surface area contributed by atoms with Gasteiger partial charge in [0, 0.05) is 12.3 Å². The number of carboxylic acid groups (broad SMARTS) is 1. The number of hydrogen-bond acceptors (Lipinski definition) is 3. The highest BCUT2D eigenvalue weighted by Gasteiger charge is 2.44. The molecule has 0 unspecified atom stereocenters. The van der Waals surface area contributed by atoms with Crippen LogP contribution in [0.3, 0.4) is 0 Å². The predicted molar refractivity (Wildman–Crippen MR) is 50.6 cm³/mol. The smallest absolute Gasteiger partial charge is 0.414 e. The second-order valence-corrected chi connectivity index (χ2v) is 3.67. The number of nitrogens with zero attached hydrogens (tertiary/aromatic N) is 1. The fourth-order valence-corrected chi connectivity index (χ4v) is 1.48. The maximum absolute atomic E-state index is 10.9. The van der Waals surface area contributed by atoms with E-state index in [1.807, 2.05) is 6.92 Å². The number of β-lactam (4-membered cyclic amide) rings is 1. The van der Waals surface area contributed by atoms with Crippen LogP contribution >= 0.6 is 12.6 Å². The molecule has 2 atom stereocenters. The van der Waals surface area contributed by atoms with E-state index in [0.29, 0.717) is 4.91 Å². The zero-order chi connectivity index (χ0) is 10.2. The van der Waals surface area contributed by atoms with Crippen molar-refractivity contribution in [2.45, 2.75) is 19.4 Å². The Morgan fingerprint density at radius 2 is 2.38 bits per heavy atom. The Bertz CT molecular complexity index is 269. The Morgan fingerprint density at radius 3 is 2.69 bits per heavy atom. The van der Waals surface area contributed by atoms with Gasteiger partial charge in [0.2, 0.25) is 5.91 Å². The van der Waals surface area contributed by atoms with E-state index in [4.69, 9.17) is 5.11 Å². The Balaban J connectivity index is 2.69. The maximum Gasteiger partial charge on any atom is 0.414 e. The van der Waals surface area contributed by atoms with Crippen LogP contribution in [-0.4, -0.2) is 28.0 Å². The fourth-order valence-electron chi connectivity index (χ4n) is 1.31. The Morgan fingerprint density at radius 1 is 1.85 bits per heavy atom. The summed E-state index contributed by atoms with van der Waals surface area (Å²) in [4.78, 5) is 22.9. The van der Waals surface area contributed by atoms with Gasteiger partial charge in [-0.2, -0.15) is 0 Å². The number of carbonyl (C=O) groups is 2. The van der Waals surface area contributed by atoms with E-state index in [-0.39, 0.29) is 24.3 Å². The van der Waals surface area contributed by atoms with E-state index in [9.17, 15) is 9.59 Å². The lowest BCUT2D eigenvalue weighted by atomic mass is 9.90. The highest BCUT2D eigenvalue weighted by atomic mass is 32.1. The van der Waals surface area contributed by atoms with Crippen LogP contribution in [-0.2, 0) is 4.79 Å². The molecule has 0 aliphatic carbocycles. The molecule has 5 heteroatoms. The lowest BCUT2D eigenvalue weighted by molar-refractivity contribution is -0.143. The van der Waals surface area contributed by atoms with Gasteiger partial charge in [0.1, 0.15) is 0 Å². The minimum atomic E-state index is -1.19. The van der Waals surface area contributed by atoms with Crippen molar-refractivity contribution in [3.8, 4) is 0 Å². The third-order valence-electron chi connectivity index (χ3n) is 2.29. The second kappa shape index (κ2) is 3.41. The van der Waals surface area contributed by atoms with Crippen LogP contribution < -0.4 is 0 Å². The largest absolute Gasteiger partial charge is 0.465 e. The Kier molecular flexibility index (Phi) is 2.66. The lowest BCUT2D eigenvalue weighted by Gasteiger charge is -2.40. The molecule has 0 aromatic carbocycles. The molecule has 0 saturated carbocycles. The number of amides is 2. The molecule has 1 rings (SSSR count). The highest BCUT2D eigenvalue weighted by Crippen LogP contribution is 2.30. The topological polar surface area (TPSA) is 57.6 Å². The molecule has 0 aromatic heterocycles. The summed E-state index contributed by atoms with van der Waals surface area (Å²) in [6.07, 6.45) is -0.921. The van der Waals surface area contributed by atoms with E-state index in [1.54, 1.807) is 0 Å². The number of rotatable bonds is 2. The van der Waals surface area contributed by atoms with Crippen LogP contribution in [0.25, 0.3) is 0 Å². The van der Waals surface area contributed by atoms with E-state index >= 15 is 0 Å². The molecule has 2 amide bonds. The molecule has 0 spiro atoms. The average Bonchev–Trinajstić information content (AvgIpc) is 1.97. The number of thiol groups is 1. The first-order valence-corrected chi connectivity index (χ1v) is 4.32. The molecule has 1 N–H and O–H groups in total. The van der Waals surface area contributed by atoms with E-state index in [1.165, 1.54) is 0 Å². The van der Waals surface area contributed by atoms with Crippen LogP contribution in [0.4, 0.5) is 4.79 Å². The van der Waals surface area contributed by atoms with Crippen molar-refractivity contribution < 1.29 is 14.7 Å². The number of likely N-dealkylation sites (tertiary alicyclic amines) is 1. The van der Waals surface area contributed by atoms with Crippen molar-refractivity contribution in [2.24, 2.45) is 5.92 Å². The minimum Gasteiger partial charge on any atom is -0.465 e. The molecule has 4 nitrogen and oxygen atoms in total. The van der Waals surface area contributed by atoms with Crippen LogP contribution in [0.5, 0.6) is 0 Å². The summed E-state index contributed by atoms with van der Waals surface area (Å²) in [6.45, 7) is 5.42. The molecule has 0 aromatic rings. The first kappa shape index (κ1) is 10.1. The summed E-state index contributed by atoms with van der Waals surface area (Å²) < 4.78 is 0. The Labute approximate surface area is 81.6 Å². The number of hydrogen-bond donors (Lipinski definition) is 2. The standard InChI is InChI=1S/C8H11NO3S/c1-4(5(2)13)6-3-7(10)9(6)8(11)12/h4,6,13H,2-3H2,1H3,(H,11,12)/t4-,6-/m0/s1. The predicted octanol–water partition coefficient (Wildman–Crippen LogP) is 1.34. The molecule has 1 saturated heterocycles. The molecule has 0 bridgehead atoms. The van der Waals surface area contributed by atoms with Gasteiger partial charge in [0.25, 0.3) is 0 Å². The van der Waals surface area contributed by atoms with Crippen molar-refractivity contribution in [3.05, 3.63) is 11.5 Å². The summed E-state index contributed by atoms with van der Waals surface area (Å²) in [5.41, 5.74) is 0. The monoisotopic (exact) mass is 201 g/mol. The lowest BCUT2D eigenvalue weighted by Crippen LogP contribution is -2.57. The van der Waals surface area contributed by atoms with Crippen LogP contribution in [0.15, 0.2) is 11.5 Å². The van der Waals surface area contributed by atoms with Crippen molar-refractivity contribution in [3.63, 3.8) is 0 Å². The van der Waals surface area contributed by atoms with Crippen molar-refractivity contribution >= 4 is 24.6 Å². The molecule has 1 aliphatic heterocycles. The van der Waals surface area contributed by atoms with Crippen molar-refractivity contribution in [1.29, 1.82) is 0 Å². The van der Waals surface area contributed by atoms with E-state index in [2.05, 4.69) is 19.2 Å². The molecule has 72 valence electrons. The maximum atomic E-state index is 10.9. The van der Waals surface area contributed by atoms with Gasteiger partial charge >= 0.3 is 6.09 Å². The zero-order valence-corrected chi connectivity index (χ0v) is 8.12. The summed E-state index contributed by atoms with van der Waals surface area (Å²) in [7, 11) is 0. The van der Waals surface area contributed by atoms with Gasteiger partial charge in [0.15, 0.2) is 0 Å². The van der Waals surface area contributed by atoms with E-state index < -0.39 is 6.09 Å². The van der Waals surface area contributed by atoms with Gasteiger partial charge in [0.05, 0.1) is 6.04 Å². The number of imide groups is 1. The molecular formula is C8H11NO3S. The molecule has 1 fully saturated rings. The normalized spacial score (nSPS) is 23.7. The van der Waals surface area contributed by atoms with Crippen molar-refractivity contribution in [2.75, 3.05) is 0 Å². The average molecular weight is 201 g/mol. The van der Waals surface area contributed by atoms with Gasteiger partial charge in [-0.05, 0) is 4.91 Å². The minimum absolute atomic E-state index is 0.0860. The quantitative estimate of drug-likeness (QED) is 0.523. The fraction of sp³-hybridized carbons (Fsp3) is 0.500. The SMILES string of the molecule is C=C(S)[C@H](C)[C@@H]1CC(=O)N1C(=O)O. The van der Waals surface area contributed by atoms with Gasteiger partial charge < -0.3 is 5.11 Å². The van der Waals surface area contributed by atoms with Crippen LogP contribution in [0.1, 0.15) is 13.3 Å². The van der Waals surface area contributed by atoms with E-state index in [0.717, 1.165) is 4.90 Å². The van der Waals surface area contributed by atoms with Crippen molar-refractivity contribution in [1.82, 2.24) is 4.90 Å². The summed E-state index contributed by atoms with van der Waals surface area (Å²) in [6, 6.07) is -0.282. The van der Waals surface area contributed by atoms with Gasteiger partial charge in [-0.25, -0.2) is 9.69 Å². The second-order valence-electron chi connectivity index (χ2n) is 3.10. The summed E-state index contributed by atoms with van der Waals surface area (Å²) in [5.74, 6) is -0.434. The first-order valence-electron chi connectivity index (χ1n) is 3.88. The third kappa shape index (κ3) is 1.70. The first-order chi connectivity index (χ1) is 5.95. The summed E-state index contributed by atoms with van der Waals surface area (Å²) >= 11 is 4.03. The van der Waals surface area contributed by atoms with Crippen LogP contribution in [0.2, 0.25) is 0 Å².